The summed E-state index contributed by atoms with van der Waals surface area (Å²) < 4.78 is 25.7. The van der Waals surface area contributed by atoms with E-state index in [-0.39, 0.29) is 10.9 Å². The van der Waals surface area contributed by atoms with Gasteiger partial charge in [-0.25, -0.2) is 17.5 Å². The molecule has 0 bridgehead atoms. The van der Waals surface area contributed by atoms with Crippen LogP contribution in [0.2, 0.25) is 5.02 Å². The number of halogens is 1. The van der Waals surface area contributed by atoms with Gasteiger partial charge < -0.3 is 5.32 Å². The minimum Gasteiger partial charge on any atom is -0.307 e. The van der Waals surface area contributed by atoms with Crippen molar-refractivity contribution >= 4 is 39.0 Å². The van der Waals surface area contributed by atoms with Crippen LogP contribution >= 0.6 is 11.6 Å². The molecule has 2 amide bonds. The number of carbonyl (C=O) groups is 1. The number of fused-ring (bicyclic) bond motifs is 1. The Balaban J connectivity index is 1.84. The van der Waals surface area contributed by atoms with Gasteiger partial charge in [-0.05, 0) is 48.4 Å². The fourth-order valence-electron chi connectivity index (χ4n) is 2.72. The summed E-state index contributed by atoms with van der Waals surface area (Å²) in [6.45, 7) is 0.493. The summed E-state index contributed by atoms with van der Waals surface area (Å²) in [5.41, 5.74) is 2.17. The van der Waals surface area contributed by atoms with Crippen LogP contribution in [0.5, 0.6) is 0 Å². The highest BCUT2D eigenvalue weighted by molar-refractivity contribution is 7.89. The van der Waals surface area contributed by atoms with E-state index in [2.05, 4.69) is 5.32 Å². The Hall–Kier alpha value is -2.09. The number of carbonyl (C=O) groups excluding carboxylic acids is 1. The average molecular weight is 380 g/mol. The Kier molecular flexibility index (Phi) is 4.73. The molecule has 0 radical (unpaired) electrons. The summed E-state index contributed by atoms with van der Waals surface area (Å²) in [7, 11) is -0.503. The monoisotopic (exact) mass is 379 g/mol. The van der Waals surface area contributed by atoms with Crippen LogP contribution in [0, 0.1) is 0 Å². The first kappa shape index (κ1) is 17.7. The third-order valence-electron chi connectivity index (χ3n) is 4.05. The maximum absolute atomic E-state index is 12.5. The molecule has 0 fully saturated rings. The van der Waals surface area contributed by atoms with Gasteiger partial charge in [-0.3, -0.25) is 4.90 Å². The molecular formula is C17H18ClN3O3S. The van der Waals surface area contributed by atoms with Gasteiger partial charge in [0.05, 0.1) is 4.90 Å². The second-order valence-corrected chi connectivity index (χ2v) is 8.51. The summed E-state index contributed by atoms with van der Waals surface area (Å²) in [5, 5.41) is 3.34. The first-order chi connectivity index (χ1) is 11.8. The van der Waals surface area contributed by atoms with Gasteiger partial charge in [0.25, 0.3) is 0 Å². The largest absolute Gasteiger partial charge is 0.326 e. The Morgan fingerprint density at radius 1 is 1.20 bits per heavy atom. The molecule has 1 aliphatic heterocycles. The predicted molar refractivity (Wildman–Crippen MR) is 98.8 cm³/mol. The number of rotatable bonds is 3. The SMILES string of the molecule is CN(C)S(=O)(=O)c1ccc2c(c1)CCN2C(=O)Nc1cccc(Cl)c1. The molecule has 3 rings (SSSR count). The molecule has 0 atom stereocenters. The minimum atomic E-state index is -3.49. The zero-order chi connectivity index (χ0) is 18.2. The Labute approximate surface area is 152 Å². The van der Waals surface area contributed by atoms with Crippen molar-refractivity contribution in [2.45, 2.75) is 11.3 Å². The number of amides is 2. The zero-order valence-corrected chi connectivity index (χ0v) is 15.4. The summed E-state index contributed by atoms with van der Waals surface area (Å²) in [5.74, 6) is 0. The molecule has 0 aromatic heterocycles. The standard InChI is InChI=1S/C17H18ClN3O3S/c1-20(2)25(23,24)15-6-7-16-12(10-15)8-9-21(16)17(22)19-14-5-3-4-13(18)11-14/h3-7,10-11H,8-9H2,1-2H3,(H,19,22). The quantitative estimate of drug-likeness (QED) is 0.890. The second-order valence-electron chi connectivity index (χ2n) is 5.92. The molecule has 1 heterocycles. The van der Waals surface area contributed by atoms with Gasteiger partial charge in [-0.15, -0.1) is 0 Å². The number of hydrogen-bond acceptors (Lipinski definition) is 3. The van der Waals surface area contributed by atoms with E-state index in [9.17, 15) is 13.2 Å². The molecule has 2 aromatic rings. The molecule has 0 unspecified atom stereocenters. The van der Waals surface area contributed by atoms with Crippen molar-refractivity contribution in [1.82, 2.24) is 4.31 Å². The Morgan fingerprint density at radius 2 is 1.96 bits per heavy atom. The molecule has 0 saturated heterocycles. The molecule has 0 spiro atoms. The Bertz CT molecular complexity index is 928. The van der Waals surface area contributed by atoms with E-state index in [1.54, 1.807) is 41.3 Å². The van der Waals surface area contributed by atoms with Crippen LogP contribution in [0.3, 0.4) is 0 Å². The molecule has 25 heavy (non-hydrogen) atoms. The number of hydrogen-bond donors (Lipinski definition) is 1. The van der Waals surface area contributed by atoms with Crippen LogP contribution < -0.4 is 10.2 Å². The summed E-state index contributed by atoms with van der Waals surface area (Å²) >= 11 is 5.93. The topological polar surface area (TPSA) is 69.7 Å². The molecular weight excluding hydrogens is 362 g/mol. The molecule has 1 N–H and O–H groups in total. The van der Waals surface area contributed by atoms with Gasteiger partial charge in [-0.2, -0.15) is 0 Å². The van der Waals surface area contributed by atoms with E-state index in [0.717, 1.165) is 11.3 Å². The van der Waals surface area contributed by atoms with Gasteiger partial charge in [0.1, 0.15) is 0 Å². The summed E-state index contributed by atoms with van der Waals surface area (Å²) in [6.07, 6.45) is 0.606. The normalized spacial score (nSPS) is 13.8. The number of nitrogens with one attached hydrogen (secondary N) is 1. The molecule has 2 aromatic carbocycles. The van der Waals surface area contributed by atoms with Gasteiger partial charge in [0.2, 0.25) is 10.0 Å². The number of anilines is 2. The van der Waals surface area contributed by atoms with E-state index in [4.69, 9.17) is 11.6 Å². The highest BCUT2D eigenvalue weighted by Crippen LogP contribution is 2.31. The third-order valence-corrected chi connectivity index (χ3v) is 6.09. The van der Waals surface area contributed by atoms with Crippen molar-refractivity contribution in [2.24, 2.45) is 0 Å². The van der Waals surface area contributed by atoms with Crippen LogP contribution in [-0.2, 0) is 16.4 Å². The second kappa shape index (κ2) is 6.67. The van der Waals surface area contributed by atoms with E-state index >= 15 is 0 Å². The Morgan fingerprint density at radius 3 is 2.64 bits per heavy atom. The lowest BCUT2D eigenvalue weighted by Crippen LogP contribution is -2.33. The molecule has 1 aliphatic rings. The van der Waals surface area contributed by atoms with Crippen molar-refractivity contribution < 1.29 is 13.2 Å². The lowest BCUT2D eigenvalue weighted by Gasteiger charge is -2.19. The minimum absolute atomic E-state index is 0.230. The molecule has 6 nitrogen and oxygen atoms in total. The fourth-order valence-corrected chi connectivity index (χ4v) is 3.86. The first-order valence-corrected chi connectivity index (χ1v) is 9.50. The highest BCUT2D eigenvalue weighted by Gasteiger charge is 2.27. The summed E-state index contributed by atoms with van der Waals surface area (Å²) in [4.78, 5) is 14.4. The van der Waals surface area contributed by atoms with Gasteiger partial charge in [0.15, 0.2) is 0 Å². The van der Waals surface area contributed by atoms with Crippen LogP contribution in [0.1, 0.15) is 5.56 Å². The number of nitrogens with zero attached hydrogens (tertiary/aromatic N) is 2. The van der Waals surface area contributed by atoms with E-state index in [0.29, 0.717) is 23.7 Å². The summed E-state index contributed by atoms with van der Waals surface area (Å²) in [6, 6.07) is 11.5. The predicted octanol–water partition coefficient (Wildman–Crippen LogP) is 3.18. The van der Waals surface area contributed by atoms with Crippen LogP contribution in [0.15, 0.2) is 47.4 Å². The van der Waals surface area contributed by atoms with Crippen molar-refractivity contribution in [3.63, 3.8) is 0 Å². The number of urea groups is 1. The van der Waals surface area contributed by atoms with Gasteiger partial charge in [-0.1, -0.05) is 17.7 Å². The van der Waals surface area contributed by atoms with Crippen molar-refractivity contribution in [1.29, 1.82) is 0 Å². The van der Waals surface area contributed by atoms with E-state index < -0.39 is 10.0 Å². The number of benzene rings is 2. The van der Waals surface area contributed by atoms with Crippen molar-refractivity contribution in [3.05, 3.63) is 53.1 Å². The number of sulfonamides is 1. The highest BCUT2D eigenvalue weighted by atomic mass is 35.5. The van der Waals surface area contributed by atoms with Crippen LogP contribution in [-0.4, -0.2) is 39.4 Å². The van der Waals surface area contributed by atoms with Crippen molar-refractivity contribution in [3.8, 4) is 0 Å². The van der Waals surface area contributed by atoms with E-state index in [1.165, 1.54) is 24.5 Å². The maximum Gasteiger partial charge on any atom is 0.326 e. The molecule has 132 valence electrons. The average Bonchev–Trinajstić information content (AvgIpc) is 2.97. The van der Waals surface area contributed by atoms with Crippen LogP contribution in [0.25, 0.3) is 0 Å². The molecule has 8 heteroatoms. The molecule has 0 aliphatic carbocycles. The molecule has 0 saturated carbocycles. The smallest absolute Gasteiger partial charge is 0.307 e. The first-order valence-electron chi connectivity index (χ1n) is 7.68. The van der Waals surface area contributed by atoms with Crippen LogP contribution in [0.4, 0.5) is 16.2 Å². The fraction of sp³-hybridized carbons (Fsp3) is 0.235. The van der Waals surface area contributed by atoms with Crippen molar-refractivity contribution in [2.75, 3.05) is 30.9 Å². The lowest BCUT2D eigenvalue weighted by molar-refractivity contribution is 0.257. The van der Waals surface area contributed by atoms with Gasteiger partial charge >= 0.3 is 6.03 Å². The maximum atomic E-state index is 12.5. The van der Waals surface area contributed by atoms with Gasteiger partial charge in [0, 0.05) is 37.0 Å². The van der Waals surface area contributed by atoms with E-state index in [1.807, 2.05) is 0 Å². The lowest BCUT2D eigenvalue weighted by atomic mass is 10.2. The zero-order valence-electron chi connectivity index (χ0n) is 13.9. The third kappa shape index (κ3) is 3.49.